The van der Waals surface area contributed by atoms with Gasteiger partial charge in [0.15, 0.2) is 0 Å². The first-order chi connectivity index (χ1) is 9.24. The second-order valence-corrected chi connectivity index (χ2v) is 6.84. The average molecular weight is 278 g/mol. The Morgan fingerprint density at radius 2 is 1.89 bits per heavy atom. The molecule has 1 aliphatic heterocycles. The van der Waals surface area contributed by atoms with E-state index in [4.69, 9.17) is 0 Å². The molecule has 1 fully saturated rings. The molecule has 0 bridgehead atoms. The van der Waals surface area contributed by atoms with Crippen molar-refractivity contribution in [3.05, 3.63) is 30.3 Å². The fraction of sp³-hybridized carbons (Fsp3) is 0.625. The number of hydrogen-bond donors (Lipinski definition) is 0. The van der Waals surface area contributed by atoms with Crippen LogP contribution in [0.5, 0.6) is 0 Å². The van der Waals surface area contributed by atoms with Crippen LogP contribution in [0.2, 0.25) is 0 Å². The van der Waals surface area contributed by atoms with Gasteiger partial charge in [-0.3, -0.25) is 0 Å². The largest absolute Gasteiger partial charge is 0.306 e. The Kier molecular flexibility index (Phi) is 6.21. The minimum absolute atomic E-state index is 0.905. The Morgan fingerprint density at radius 1 is 1.21 bits per heavy atom. The molecule has 0 atom stereocenters. The van der Waals surface area contributed by atoms with Crippen molar-refractivity contribution in [1.29, 1.82) is 0 Å². The molecule has 1 heterocycles. The molecule has 1 aromatic rings. The Bertz CT molecular complexity index is 347. The van der Waals surface area contributed by atoms with Crippen LogP contribution in [0.25, 0.3) is 0 Å². The third kappa shape index (κ3) is 5.55. The topological polar surface area (TPSA) is 6.48 Å². The van der Waals surface area contributed by atoms with E-state index in [1.54, 1.807) is 0 Å². The van der Waals surface area contributed by atoms with E-state index in [2.05, 4.69) is 54.2 Å². The normalized spacial score (nSPS) is 18.1. The maximum Gasteiger partial charge on any atom is 0.0108 e. The maximum absolute atomic E-state index is 2.51. The molecule has 1 aromatic carbocycles. The van der Waals surface area contributed by atoms with E-state index >= 15 is 0 Å². The lowest BCUT2D eigenvalue weighted by molar-refractivity contribution is 0.180. The van der Waals surface area contributed by atoms with Crippen molar-refractivity contribution in [1.82, 2.24) is 9.80 Å². The summed E-state index contributed by atoms with van der Waals surface area (Å²) in [5.74, 6) is 2.09. The molecule has 2 rings (SSSR count). The standard InChI is InChI=1S/C16H26N2S/c1-17-10-8-15(9-11-17)14-18(2)12-13-19-16-6-4-3-5-7-16/h3-7,15H,8-14H2,1-2H3. The highest BCUT2D eigenvalue weighted by Gasteiger charge is 2.17. The first-order valence-corrected chi connectivity index (χ1v) is 8.27. The molecule has 0 N–H and O–H groups in total. The predicted octanol–water partition coefficient (Wildman–Crippen LogP) is 3.05. The highest BCUT2D eigenvalue weighted by atomic mass is 32.2. The Hall–Kier alpha value is -0.510. The molecule has 19 heavy (non-hydrogen) atoms. The molecule has 0 amide bonds. The van der Waals surface area contributed by atoms with Gasteiger partial charge >= 0.3 is 0 Å². The molecule has 0 aliphatic carbocycles. The maximum atomic E-state index is 2.51. The number of nitrogens with zero attached hydrogens (tertiary/aromatic N) is 2. The summed E-state index contributed by atoms with van der Waals surface area (Å²) in [6.45, 7) is 5.00. The lowest BCUT2D eigenvalue weighted by Crippen LogP contribution is -2.36. The zero-order valence-electron chi connectivity index (χ0n) is 12.2. The summed E-state index contributed by atoms with van der Waals surface area (Å²) in [5.41, 5.74) is 0. The van der Waals surface area contributed by atoms with Crippen LogP contribution in [0.1, 0.15) is 12.8 Å². The number of benzene rings is 1. The van der Waals surface area contributed by atoms with Crippen LogP contribution < -0.4 is 0 Å². The monoisotopic (exact) mass is 278 g/mol. The Balaban J connectivity index is 1.61. The first-order valence-electron chi connectivity index (χ1n) is 7.29. The molecule has 0 spiro atoms. The fourth-order valence-corrected chi connectivity index (χ4v) is 3.60. The summed E-state index contributed by atoms with van der Waals surface area (Å²) in [6, 6.07) is 10.7. The number of likely N-dealkylation sites (tertiary alicyclic amines) is 1. The van der Waals surface area contributed by atoms with Crippen molar-refractivity contribution in [2.75, 3.05) is 46.0 Å². The molecule has 0 saturated carbocycles. The number of rotatable bonds is 6. The van der Waals surface area contributed by atoms with E-state index in [1.807, 2.05) is 11.8 Å². The molecular formula is C16H26N2S. The third-order valence-electron chi connectivity index (χ3n) is 3.89. The summed E-state index contributed by atoms with van der Waals surface area (Å²) in [5, 5.41) is 0. The molecule has 1 saturated heterocycles. The number of hydrogen-bond acceptors (Lipinski definition) is 3. The highest BCUT2D eigenvalue weighted by molar-refractivity contribution is 7.99. The highest BCUT2D eigenvalue weighted by Crippen LogP contribution is 2.19. The van der Waals surface area contributed by atoms with E-state index in [9.17, 15) is 0 Å². The second-order valence-electron chi connectivity index (χ2n) is 5.67. The number of piperidine rings is 1. The van der Waals surface area contributed by atoms with E-state index in [-0.39, 0.29) is 0 Å². The van der Waals surface area contributed by atoms with Crippen LogP contribution in [0, 0.1) is 5.92 Å². The summed E-state index contributed by atoms with van der Waals surface area (Å²) < 4.78 is 0. The van der Waals surface area contributed by atoms with Crippen molar-refractivity contribution >= 4 is 11.8 Å². The van der Waals surface area contributed by atoms with Gasteiger partial charge in [-0.25, -0.2) is 0 Å². The zero-order valence-corrected chi connectivity index (χ0v) is 13.0. The van der Waals surface area contributed by atoms with Gasteiger partial charge in [0.1, 0.15) is 0 Å². The quantitative estimate of drug-likeness (QED) is 0.739. The number of thioether (sulfide) groups is 1. The SMILES string of the molecule is CN1CCC(CN(C)CCSc2ccccc2)CC1. The van der Waals surface area contributed by atoms with Gasteiger partial charge in [0.05, 0.1) is 0 Å². The summed E-state index contributed by atoms with van der Waals surface area (Å²) in [6.07, 6.45) is 2.74. The van der Waals surface area contributed by atoms with E-state index in [0.717, 1.165) is 5.92 Å². The van der Waals surface area contributed by atoms with Gasteiger partial charge in [0.25, 0.3) is 0 Å². The van der Waals surface area contributed by atoms with Crippen LogP contribution in [0.4, 0.5) is 0 Å². The molecule has 3 heteroatoms. The average Bonchev–Trinajstić information content (AvgIpc) is 2.43. The molecule has 0 unspecified atom stereocenters. The van der Waals surface area contributed by atoms with Crippen molar-refractivity contribution in [2.24, 2.45) is 5.92 Å². The fourth-order valence-electron chi connectivity index (χ4n) is 2.61. The Labute approximate surface area is 122 Å². The van der Waals surface area contributed by atoms with Crippen LogP contribution in [0.15, 0.2) is 35.2 Å². The van der Waals surface area contributed by atoms with Crippen LogP contribution >= 0.6 is 11.8 Å². The van der Waals surface area contributed by atoms with Gasteiger partial charge in [-0.15, -0.1) is 11.8 Å². The van der Waals surface area contributed by atoms with Crippen LogP contribution in [0.3, 0.4) is 0 Å². The van der Waals surface area contributed by atoms with Gasteiger partial charge in [0, 0.05) is 23.7 Å². The summed E-state index contributed by atoms with van der Waals surface area (Å²) >= 11 is 1.96. The molecule has 2 nitrogen and oxygen atoms in total. The van der Waals surface area contributed by atoms with Gasteiger partial charge in [-0.2, -0.15) is 0 Å². The molecule has 0 aromatic heterocycles. The predicted molar refractivity (Wildman–Crippen MR) is 84.9 cm³/mol. The Morgan fingerprint density at radius 3 is 2.58 bits per heavy atom. The van der Waals surface area contributed by atoms with Gasteiger partial charge in [0.2, 0.25) is 0 Å². The lowest BCUT2D eigenvalue weighted by Gasteiger charge is -2.31. The molecular weight excluding hydrogens is 252 g/mol. The smallest absolute Gasteiger partial charge is 0.0108 e. The van der Waals surface area contributed by atoms with Crippen molar-refractivity contribution in [2.45, 2.75) is 17.7 Å². The van der Waals surface area contributed by atoms with Gasteiger partial charge < -0.3 is 9.80 Å². The minimum atomic E-state index is 0.905. The van der Waals surface area contributed by atoms with Crippen molar-refractivity contribution < 1.29 is 0 Å². The van der Waals surface area contributed by atoms with Crippen LogP contribution in [-0.2, 0) is 0 Å². The molecule has 1 aliphatic rings. The zero-order chi connectivity index (χ0) is 13.5. The van der Waals surface area contributed by atoms with Crippen LogP contribution in [-0.4, -0.2) is 55.8 Å². The van der Waals surface area contributed by atoms with Gasteiger partial charge in [-0.05, 0) is 58.1 Å². The lowest BCUT2D eigenvalue weighted by atomic mass is 9.97. The summed E-state index contributed by atoms with van der Waals surface area (Å²) in [7, 11) is 4.50. The summed E-state index contributed by atoms with van der Waals surface area (Å²) in [4.78, 5) is 6.34. The third-order valence-corrected chi connectivity index (χ3v) is 4.89. The first kappa shape index (κ1) is 14.9. The van der Waals surface area contributed by atoms with E-state index < -0.39 is 0 Å². The molecule has 106 valence electrons. The minimum Gasteiger partial charge on any atom is -0.306 e. The van der Waals surface area contributed by atoms with Crippen molar-refractivity contribution in [3.63, 3.8) is 0 Å². The van der Waals surface area contributed by atoms with E-state index in [1.165, 1.54) is 49.7 Å². The van der Waals surface area contributed by atoms with E-state index in [0.29, 0.717) is 0 Å². The van der Waals surface area contributed by atoms with Gasteiger partial charge in [-0.1, -0.05) is 18.2 Å². The second kappa shape index (κ2) is 7.93. The van der Waals surface area contributed by atoms with Crippen molar-refractivity contribution in [3.8, 4) is 0 Å². The molecule has 0 radical (unpaired) electrons.